The van der Waals surface area contributed by atoms with E-state index < -0.39 is 0 Å². The largest absolute Gasteiger partial charge is 0.467 e. The van der Waals surface area contributed by atoms with Crippen LogP contribution in [0, 0.1) is 0 Å². The number of hydrogen-bond donors (Lipinski definition) is 1. The Kier molecular flexibility index (Phi) is 3.09. The van der Waals surface area contributed by atoms with E-state index in [1.54, 1.807) is 6.26 Å². The van der Waals surface area contributed by atoms with Crippen molar-refractivity contribution in [3.63, 3.8) is 0 Å². The molecule has 0 aliphatic carbocycles. The van der Waals surface area contributed by atoms with Crippen molar-refractivity contribution in [3.8, 4) is 0 Å². The zero-order valence-electron chi connectivity index (χ0n) is 8.72. The number of aromatic nitrogens is 2. The maximum atomic E-state index is 5.68. The molecule has 0 aromatic carbocycles. The number of furan rings is 1. The Hall–Kier alpha value is -1.56. The van der Waals surface area contributed by atoms with E-state index in [0.29, 0.717) is 16.8 Å². The molecule has 0 aliphatic rings. The lowest BCUT2D eigenvalue weighted by Crippen LogP contribution is -2.18. The first-order valence-corrected chi connectivity index (χ1v) is 5.47. The normalized spacial score (nSPS) is 10.4. The lowest BCUT2D eigenvalue weighted by Gasteiger charge is -2.18. The Balaban J connectivity index is 2.21. The quantitative estimate of drug-likeness (QED) is 0.933. The summed E-state index contributed by atoms with van der Waals surface area (Å²) in [5.41, 5.74) is 5.68. The summed E-state index contributed by atoms with van der Waals surface area (Å²) < 4.78 is 5.96. The Bertz CT molecular complexity index is 472. The van der Waals surface area contributed by atoms with E-state index >= 15 is 0 Å². The summed E-state index contributed by atoms with van der Waals surface area (Å²) in [5, 5.41) is 0. The van der Waals surface area contributed by atoms with Crippen LogP contribution < -0.4 is 10.6 Å². The predicted octanol–water partition coefficient (Wildman–Crippen LogP) is 2.05. The van der Waals surface area contributed by atoms with E-state index in [9.17, 15) is 0 Å². The van der Waals surface area contributed by atoms with Gasteiger partial charge < -0.3 is 15.1 Å². The lowest BCUT2D eigenvalue weighted by atomic mass is 10.4. The average molecular weight is 283 g/mol. The van der Waals surface area contributed by atoms with Gasteiger partial charge in [-0.05, 0) is 28.1 Å². The van der Waals surface area contributed by atoms with Gasteiger partial charge in [0.25, 0.3) is 0 Å². The van der Waals surface area contributed by atoms with Crippen LogP contribution in [0.25, 0.3) is 0 Å². The number of anilines is 2. The van der Waals surface area contributed by atoms with Crippen LogP contribution in [-0.2, 0) is 6.54 Å². The molecule has 5 nitrogen and oxygen atoms in total. The molecule has 6 heteroatoms. The average Bonchev–Trinajstić information content (AvgIpc) is 2.74. The molecule has 0 spiro atoms. The molecule has 0 saturated heterocycles. The second-order valence-electron chi connectivity index (χ2n) is 3.33. The molecule has 0 radical (unpaired) electrons. The smallest absolute Gasteiger partial charge is 0.148 e. The van der Waals surface area contributed by atoms with Crippen molar-refractivity contribution in [2.24, 2.45) is 0 Å². The van der Waals surface area contributed by atoms with Gasteiger partial charge in [-0.15, -0.1) is 0 Å². The summed E-state index contributed by atoms with van der Waals surface area (Å²) in [6.45, 7) is 0.627. The van der Waals surface area contributed by atoms with Gasteiger partial charge >= 0.3 is 0 Å². The second kappa shape index (κ2) is 4.52. The molecule has 16 heavy (non-hydrogen) atoms. The van der Waals surface area contributed by atoms with E-state index in [0.717, 1.165) is 11.6 Å². The molecular formula is C10H11BrN4O. The van der Waals surface area contributed by atoms with Gasteiger partial charge in [0.05, 0.1) is 12.8 Å². The fourth-order valence-electron chi connectivity index (χ4n) is 1.35. The summed E-state index contributed by atoms with van der Waals surface area (Å²) in [4.78, 5) is 9.99. The van der Waals surface area contributed by atoms with E-state index in [-0.39, 0.29) is 0 Å². The summed E-state index contributed by atoms with van der Waals surface area (Å²) in [5.74, 6) is 2.03. The first kappa shape index (κ1) is 10.9. The van der Waals surface area contributed by atoms with Gasteiger partial charge in [-0.25, -0.2) is 9.97 Å². The van der Waals surface area contributed by atoms with E-state index in [2.05, 4.69) is 25.9 Å². The third-order valence-electron chi connectivity index (χ3n) is 2.13. The molecular weight excluding hydrogens is 272 g/mol. The van der Waals surface area contributed by atoms with Crippen LogP contribution in [-0.4, -0.2) is 17.0 Å². The van der Waals surface area contributed by atoms with Crippen LogP contribution in [0.2, 0.25) is 0 Å². The van der Waals surface area contributed by atoms with Crippen molar-refractivity contribution in [2.45, 2.75) is 6.54 Å². The molecule has 0 atom stereocenters. The van der Waals surface area contributed by atoms with Crippen LogP contribution in [0.5, 0.6) is 0 Å². The van der Waals surface area contributed by atoms with Crippen molar-refractivity contribution in [2.75, 3.05) is 17.7 Å². The predicted molar refractivity (Wildman–Crippen MR) is 65.0 cm³/mol. The monoisotopic (exact) mass is 282 g/mol. The highest BCUT2D eigenvalue weighted by Gasteiger charge is 2.11. The van der Waals surface area contributed by atoms with Crippen LogP contribution in [0.1, 0.15) is 5.76 Å². The minimum atomic E-state index is 0.427. The fraction of sp³-hybridized carbons (Fsp3) is 0.200. The van der Waals surface area contributed by atoms with Crippen molar-refractivity contribution in [3.05, 3.63) is 35.0 Å². The Morgan fingerprint density at radius 3 is 3.00 bits per heavy atom. The van der Waals surface area contributed by atoms with E-state index in [1.165, 1.54) is 6.33 Å². The maximum absolute atomic E-state index is 5.68. The highest BCUT2D eigenvalue weighted by atomic mass is 79.9. The fourth-order valence-corrected chi connectivity index (χ4v) is 1.86. The van der Waals surface area contributed by atoms with Crippen LogP contribution in [0.15, 0.2) is 33.6 Å². The highest BCUT2D eigenvalue weighted by molar-refractivity contribution is 9.10. The summed E-state index contributed by atoms with van der Waals surface area (Å²) >= 11 is 3.36. The number of halogens is 1. The number of nitrogens with two attached hydrogens (primary N) is 1. The summed E-state index contributed by atoms with van der Waals surface area (Å²) in [7, 11) is 1.91. The molecule has 0 saturated carbocycles. The number of hydrogen-bond acceptors (Lipinski definition) is 5. The number of nitrogens with zero attached hydrogens (tertiary/aromatic N) is 3. The first-order chi connectivity index (χ1) is 7.68. The van der Waals surface area contributed by atoms with Gasteiger partial charge in [-0.2, -0.15) is 0 Å². The van der Waals surface area contributed by atoms with Gasteiger partial charge in [-0.3, -0.25) is 0 Å². The first-order valence-electron chi connectivity index (χ1n) is 4.68. The Morgan fingerprint density at radius 1 is 1.50 bits per heavy atom. The Morgan fingerprint density at radius 2 is 2.31 bits per heavy atom. The SMILES string of the molecule is CN(Cc1ccco1)c1ncnc(N)c1Br. The molecule has 0 aliphatic heterocycles. The van der Waals surface area contributed by atoms with Crippen LogP contribution in [0.4, 0.5) is 11.6 Å². The topological polar surface area (TPSA) is 68.2 Å². The zero-order chi connectivity index (χ0) is 11.5. The standard InChI is InChI=1S/C10H11BrN4O/c1-15(5-7-3-2-4-16-7)10-8(11)9(12)13-6-14-10/h2-4,6H,5H2,1H3,(H2,12,13,14). The molecule has 2 aromatic heterocycles. The zero-order valence-corrected chi connectivity index (χ0v) is 10.3. The van der Waals surface area contributed by atoms with Crippen molar-refractivity contribution in [1.29, 1.82) is 0 Å². The second-order valence-corrected chi connectivity index (χ2v) is 4.12. The van der Waals surface area contributed by atoms with Gasteiger partial charge in [0.2, 0.25) is 0 Å². The lowest BCUT2D eigenvalue weighted by molar-refractivity contribution is 0.507. The third kappa shape index (κ3) is 2.16. The molecule has 0 amide bonds. The summed E-state index contributed by atoms with van der Waals surface area (Å²) in [6, 6.07) is 3.77. The Labute approximate surface area is 101 Å². The van der Waals surface area contributed by atoms with Crippen molar-refractivity contribution >= 4 is 27.6 Å². The number of nitrogen functional groups attached to an aromatic ring is 1. The summed E-state index contributed by atoms with van der Waals surface area (Å²) in [6.07, 6.45) is 3.08. The molecule has 0 fully saturated rings. The molecule has 0 bridgehead atoms. The van der Waals surface area contributed by atoms with Gasteiger partial charge in [0.1, 0.15) is 28.2 Å². The van der Waals surface area contributed by atoms with Crippen LogP contribution in [0.3, 0.4) is 0 Å². The van der Waals surface area contributed by atoms with Gasteiger partial charge in [-0.1, -0.05) is 0 Å². The van der Waals surface area contributed by atoms with Gasteiger partial charge in [0, 0.05) is 7.05 Å². The minimum absolute atomic E-state index is 0.427. The third-order valence-corrected chi connectivity index (χ3v) is 2.89. The highest BCUT2D eigenvalue weighted by Crippen LogP contribution is 2.27. The molecule has 2 heterocycles. The van der Waals surface area contributed by atoms with Crippen molar-refractivity contribution < 1.29 is 4.42 Å². The van der Waals surface area contributed by atoms with E-state index in [4.69, 9.17) is 10.2 Å². The van der Waals surface area contributed by atoms with Gasteiger partial charge in [0.15, 0.2) is 0 Å². The van der Waals surface area contributed by atoms with Crippen molar-refractivity contribution in [1.82, 2.24) is 9.97 Å². The molecule has 2 rings (SSSR count). The maximum Gasteiger partial charge on any atom is 0.148 e. The van der Waals surface area contributed by atoms with E-state index in [1.807, 2.05) is 24.1 Å². The minimum Gasteiger partial charge on any atom is -0.467 e. The molecule has 84 valence electrons. The number of rotatable bonds is 3. The molecule has 2 aromatic rings. The molecule has 2 N–H and O–H groups in total. The van der Waals surface area contributed by atoms with Crippen LogP contribution >= 0.6 is 15.9 Å². The molecule has 0 unspecified atom stereocenters.